The topological polar surface area (TPSA) is 110 Å². The minimum Gasteiger partial charge on any atom is -0.296 e. The molecular weight excluding hydrogens is 348 g/mol. The van der Waals surface area contributed by atoms with Gasteiger partial charge in [-0.15, -0.1) is 20.4 Å². The summed E-state index contributed by atoms with van der Waals surface area (Å²) in [5.41, 5.74) is 0.480. The number of aromatic nitrogens is 4. The van der Waals surface area contributed by atoms with Gasteiger partial charge in [-0.05, 0) is 26.0 Å². The lowest BCUT2D eigenvalue weighted by Crippen LogP contribution is -2.20. The summed E-state index contributed by atoms with van der Waals surface area (Å²) in [4.78, 5) is 24.9. The Balaban J connectivity index is 1.81. The van der Waals surface area contributed by atoms with Gasteiger partial charge in [0, 0.05) is 0 Å². The van der Waals surface area contributed by atoms with E-state index in [2.05, 4.69) is 31.0 Å². The third-order valence-corrected chi connectivity index (χ3v) is 4.42. The number of carbonyl (C=O) groups excluding carboxylic acids is 2. The minimum atomic E-state index is -0.426. The van der Waals surface area contributed by atoms with E-state index < -0.39 is 11.8 Å². The monoisotopic (exact) mass is 360 g/mol. The number of nitrogens with one attached hydrogen (secondary N) is 2. The first-order valence-corrected chi connectivity index (χ1v) is 8.48. The number of carbonyl (C=O) groups is 2. The van der Waals surface area contributed by atoms with E-state index in [9.17, 15) is 9.59 Å². The molecule has 10 heteroatoms. The molecule has 0 fully saturated rings. The molecule has 122 valence electrons. The molecule has 3 aromatic rings. The number of rotatable bonds is 4. The molecule has 0 bridgehead atoms. The average molecular weight is 360 g/mol. The molecule has 0 saturated heterocycles. The van der Waals surface area contributed by atoms with Gasteiger partial charge in [-0.2, -0.15) is 0 Å². The Kier molecular flexibility index (Phi) is 4.58. The lowest BCUT2D eigenvalue weighted by Gasteiger charge is -2.07. The second kappa shape index (κ2) is 6.81. The Bertz CT molecular complexity index is 831. The van der Waals surface area contributed by atoms with Crippen molar-refractivity contribution < 1.29 is 9.59 Å². The van der Waals surface area contributed by atoms with E-state index in [1.807, 2.05) is 0 Å². The first kappa shape index (κ1) is 16.1. The number of aryl methyl sites for hydroxylation is 2. The summed E-state index contributed by atoms with van der Waals surface area (Å²) >= 11 is 2.52. The quantitative estimate of drug-likeness (QED) is 0.740. The Labute approximate surface area is 145 Å². The molecule has 0 aliphatic heterocycles. The van der Waals surface area contributed by atoms with Crippen molar-refractivity contribution >= 4 is 44.8 Å². The minimum absolute atomic E-state index is 0.240. The molecule has 0 saturated carbocycles. The van der Waals surface area contributed by atoms with Gasteiger partial charge in [0.2, 0.25) is 10.3 Å². The highest BCUT2D eigenvalue weighted by molar-refractivity contribution is 7.15. The van der Waals surface area contributed by atoms with Gasteiger partial charge in [-0.3, -0.25) is 20.2 Å². The Hall–Kier alpha value is -2.72. The zero-order valence-electron chi connectivity index (χ0n) is 12.7. The Morgan fingerprint density at radius 2 is 1.21 bits per heavy atom. The highest BCUT2D eigenvalue weighted by Crippen LogP contribution is 2.19. The van der Waals surface area contributed by atoms with Crippen molar-refractivity contribution in [3.63, 3.8) is 0 Å². The highest BCUT2D eigenvalue weighted by Gasteiger charge is 2.19. The largest absolute Gasteiger partial charge is 0.296 e. The van der Waals surface area contributed by atoms with Crippen molar-refractivity contribution in [2.75, 3.05) is 10.6 Å². The van der Waals surface area contributed by atoms with E-state index in [0.29, 0.717) is 10.3 Å². The molecule has 2 aromatic heterocycles. The lowest BCUT2D eigenvalue weighted by molar-refractivity contribution is 0.0990. The van der Waals surface area contributed by atoms with Gasteiger partial charge in [0.05, 0.1) is 11.1 Å². The summed E-state index contributed by atoms with van der Waals surface area (Å²) in [5, 5.41) is 22.9. The van der Waals surface area contributed by atoms with Gasteiger partial charge in [0.15, 0.2) is 0 Å². The molecule has 2 N–H and O–H groups in total. The lowest BCUT2D eigenvalue weighted by atomic mass is 10.1. The molecule has 0 aliphatic rings. The molecule has 0 spiro atoms. The molecule has 1 aromatic carbocycles. The summed E-state index contributed by atoms with van der Waals surface area (Å²) < 4.78 is 0. The normalized spacial score (nSPS) is 10.4. The molecule has 0 aliphatic carbocycles. The Morgan fingerprint density at radius 3 is 1.54 bits per heavy atom. The van der Waals surface area contributed by atoms with Crippen molar-refractivity contribution in [1.29, 1.82) is 0 Å². The second-order valence-corrected chi connectivity index (χ2v) is 7.07. The molecule has 0 unspecified atom stereocenters. The van der Waals surface area contributed by atoms with Crippen molar-refractivity contribution in [2.24, 2.45) is 0 Å². The first-order valence-electron chi connectivity index (χ1n) is 6.85. The molecule has 2 heterocycles. The van der Waals surface area contributed by atoms with Crippen molar-refractivity contribution in [3.05, 3.63) is 45.4 Å². The zero-order chi connectivity index (χ0) is 17.1. The first-order chi connectivity index (χ1) is 11.5. The maximum absolute atomic E-state index is 12.4. The van der Waals surface area contributed by atoms with Gasteiger partial charge in [0.1, 0.15) is 10.0 Å². The molecule has 0 atom stereocenters. The number of nitrogens with zero attached hydrogens (tertiary/aromatic N) is 4. The zero-order valence-corrected chi connectivity index (χ0v) is 14.4. The van der Waals surface area contributed by atoms with E-state index in [0.717, 1.165) is 10.0 Å². The van der Waals surface area contributed by atoms with E-state index in [1.54, 1.807) is 38.1 Å². The van der Waals surface area contributed by atoms with Crippen molar-refractivity contribution in [2.45, 2.75) is 13.8 Å². The van der Waals surface area contributed by atoms with Crippen molar-refractivity contribution in [1.82, 2.24) is 20.4 Å². The summed E-state index contributed by atoms with van der Waals surface area (Å²) in [6, 6.07) is 6.52. The van der Waals surface area contributed by atoms with E-state index in [1.165, 1.54) is 22.7 Å². The van der Waals surface area contributed by atoms with E-state index in [4.69, 9.17) is 0 Å². The van der Waals surface area contributed by atoms with Crippen LogP contribution in [0.3, 0.4) is 0 Å². The standard InChI is InChI=1S/C14H12N6O2S2/c1-7-17-19-13(23-7)15-11(21)9-5-3-4-6-10(9)12(22)16-14-20-18-8(2)24-14/h3-6H,1-2H3,(H,15,19,21)(H,16,20,22). The average Bonchev–Trinajstić information content (AvgIpc) is 3.15. The fourth-order valence-electron chi connectivity index (χ4n) is 1.90. The number of amides is 2. The molecule has 0 radical (unpaired) electrons. The molecular formula is C14H12N6O2S2. The summed E-state index contributed by atoms with van der Waals surface area (Å²) in [5.74, 6) is -0.851. The molecule has 2 amide bonds. The van der Waals surface area contributed by atoms with Crippen LogP contribution >= 0.6 is 22.7 Å². The second-order valence-electron chi connectivity index (χ2n) is 4.71. The van der Waals surface area contributed by atoms with Crippen LogP contribution in [0, 0.1) is 13.8 Å². The maximum atomic E-state index is 12.4. The number of hydrogen-bond acceptors (Lipinski definition) is 8. The van der Waals surface area contributed by atoms with Gasteiger partial charge < -0.3 is 0 Å². The van der Waals surface area contributed by atoms with Crippen LogP contribution in [0.2, 0.25) is 0 Å². The summed E-state index contributed by atoms with van der Waals surface area (Å²) in [6.07, 6.45) is 0. The van der Waals surface area contributed by atoms with Crippen LogP contribution in [-0.2, 0) is 0 Å². The van der Waals surface area contributed by atoms with Crippen LogP contribution in [0.5, 0.6) is 0 Å². The van der Waals surface area contributed by atoms with E-state index in [-0.39, 0.29) is 11.1 Å². The predicted octanol–water partition coefficient (Wildman–Crippen LogP) is 2.51. The molecule has 24 heavy (non-hydrogen) atoms. The van der Waals surface area contributed by atoms with Gasteiger partial charge in [-0.1, -0.05) is 34.8 Å². The smallest absolute Gasteiger partial charge is 0.258 e. The summed E-state index contributed by atoms with van der Waals surface area (Å²) in [6.45, 7) is 3.58. The molecule has 3 rings (SSSR count). The van der Waals surface area contributed by atoms with Crippen LogP contribution in [0.25, 0.3) is 0 Å². The molecule has 8 nitrogen and oxygen atoms in total. The summed E-state index contributed by atoms with van der Waals surface area (Å²) in [7, 11) is 0. The predicted molar refractivity (Wildman–Crippen MR) is 91.6 cm³/mol. The third kappa shape index (κ3) is 3.60. The SMILES string of the molecule is Cc1nnc(NC(=O)c2ccccc2C(=O)Nc2nnc(C)s2)s1. The fraction of sp³-hybridized carbons (Fsp3) is 0.143. The highest BCUT2D eigenvalue weighted by atomic mass is 32.1. The fourth-order valence-corrected chi connectivity index (χ4v) is 3.08. The van der Waals surface area contributed by atoms with Gasteiger partial charge >= 0.3 is 0 Å². The number of hydrogen-bond donors (Lipinski definition) is 2. The maximum Gasteiger partial charge on any atom is 0.258 e. The van der Waals surface area contributed by atoms with E-state index >= 15 is 0 Å². The number of benzene rings is 1. The Morgan fingerprint density at radius 1 is 0.792 bits per heavy atom. The van der Waals surface area contributed by atoms with Gasteiger partial charge in [-0.25, -0.2) is 0 Å². The van der Waals surface area contributed by atoms with Crippen LogP contribution in [0.1, 0.15) is 30.7 Å². The van der Waals surface area contributed by atoms with Gasteiger partial charge in [0.25, 0.3) is 11.8 Å². The third-order valence-electron chi connectivity index (χ3n) is 2.91. The van der Waals surface area contributed by atoms with Crippen molar-refractivity contribution in [3.8, 4) is 0 Å². The van der Waals surface area contributed by atoms with Crippen LogP contribution < -0.4 is 10.6 Å². The van der Waals surface area contributed by atoms with Crippen LogP contribution in [0.4, 0.5) is 10.3 Å². The van der Waals surface area contributed by atoms with Crippen LogP contribution in [0.15, 0.2) is 24.3 Å². The number of anilines is 2. The van der Waals surface area contributed by atoms with Crippen LogP contribution in [-0.4, -0.2) is 32.2 Å².